The van der Waals surface area contributed by atoms with E-state index in [1.54, 1.807) is 21.1 Å². The van der Waals surface area contributed by atoms with Crippen LogP contribution in [0.5, 0.6) is 0 Å². The van der Waals surface area contributed by atoms with Crippen molar-refractivity contribution in [1.82, 2.24) is 4.90 Å². The normalized spacial score (nSPS) is 19.2. The summed E-state index contributed by atoms with van der Waals surface area (Å²) in [6.45, 7) is 5.15. The van der Waals surface area contributed by atoms with E-state index in [1.807, 2.05) is 4.90 Å². The molecule has 0 aromatic rings. The van der Waals surface area contributed by atoms with E-state index in [0.717, 1.165) is 0 Å². The number of ether oxygens (including phenoxy) is 2. The van der Waals surface area contributed by atoms with Crippen LogP contribution in [-0.2, 0) is 14.3 Å². The Balaban J connectivity index is 2.57. The first-order valence-electron chi connectivity index (χ1n) is 5.94. The van der Waals surface area contributed by atoms with E-state index < -0.39 is 0 Å². The van der Waals surface area contributed by atoms with Gasteiger partial charge in [-0.1, -0.05) is 0 Å². The minimum Gasteiger partial charge on any atom is -0.383 e. The van der Waals surface area contributed by atoms with Crippen molar-refractivity contribution in [1.29, 1.82) is 0 Å². The molecule has 1 aliphatic carbocycles. The predicted octanol–water partition coefficient (Wildman–Crippen LogP) is 1.29. The lowest BCUT2D eigenvalue weighted by Gasteiger charge is -2.31. The molecule has 1 fully saturated rings. The minimum atomic E-state index is -0.363. The third-order valence-electron chi connectivity index (χ3n) is 3.32. The van der Waals surface area contributed by atoms with E-state index in [1.165, 1.54) is 12.8 Å². The second-order valence-corrected chi connectivity index (χ2v) is 4.48. The molecule has 94 valence electrons. The lowest BCUT2D eigenvalue weighted by atomic mass is 10.1. The fraction of sp³-hybridized carbons (Fsp3) is 0.917. The number of amides is 1. The summed E-state index contributed by atoms with van der Waals surface area (Å²) in [5.41, 5.74) is 0. The SMILES string of the molecule is COCCN(C(=O)C(C)OC)C(C)C1CC1. The van der Waals surface area contributed by atoms with E-state index >= 15 is 0 Å². The van der Waals surface area contributed by atoms with E-state index in [4.69, 9.17) is 9.47 Å². The van der Waals surface area contributed by atoms with Crippen molar-refractivity contribution in [3.63, 3.8) is 0 Å². The van der Waals surface area contributed by atoms with Crippen LogP contribution in [-0.4, -0.2) is 50.3 Å². The van der Waals surface area contributed by atoms with Gasteiger partial charge in [-0.3, -0.25) is 4.79 Å². The quantitative estimate of drug-likeness (QED) is 0.660. The molecule has 0 aromatic heterocycles. The molecular formula is C12H23NO3. The van der Waals surface area contributed by atoms with Crippen molar-refractivity contribution in [2.24, 2.45) is 5.92 Å². The molecule has 1 aliphatic rings. The number of hydrogen-bond acceptors (Lipinski definition) is 3. The molecule has 1 saturated carbocycles. The van der Waals surface area contributed by atoms with Crippen molar-refractivity contribution >= 4 is 5.91 Å². The summed E-state index contributed by atoms with van der Waals surface area (Å²) >= 11 is 0. The Morgan fingerprint density at radius 1 is 1.38 bits per heavy atom. The Morgan fingerprint density at radius 2 is 2.00 bits per heavy atom. The van der Waals surface area contributed by atoms with Crippen molar-refractivity contribution in [2.45, 2.75) is 38.8 Å². The van der Waals surface area contributed by atoms with Crippen LogP contribution in [0.25, 0.3) is 0 Å². The molecule has 2 unspecified atom stereocenters. The average Bonchev–Trinajstić information content (AvgIpc) is 3.11. The summed E-state index contributed by atoms with van der Waals surface area (Å²) in [7, 11) is 3.23. The van der Waals surface area contributed by atoms with Crippen LogP contribution in [0.2, 0.25) is 0 Å². The first kappa shape index (κ1) is 13.5. The van der Waals surface area contributed by atoms with E-state index in [-0.39, 0.29) is 12.0 Å². The zero-order chi connectivity index (χ0) is 12.1. The first-order chi connectivity index (χ1) is 7.61. The van der Waals surface area contributed by atoms with Gasteiger partial charge in [0.2, 0.25) is 0 Å². The molecular weight excluding hydrogens is 206 g/mol. The van der Waals surface area contributed by atoms with Gasteiger partial charge < -0.3 is 14.4 Å². The monoisotopic (exact) mass is 229 g/mol. The topological polar surface area (TPSA) is 38.8 Å². The van der Waals surface area contributed by atoms with Crippen LogP contribution in [0.4, 0.5) is 0 Å². The maximum atomic E-state index is 12.1. The van der Waals surface area contributed by atoms with Crippen molar-refractivity contribution in [2.75, 3.05) is 27.4 Å². The second kappa shape index (κ2) is 6.21. The molecule has 4 heteroatoms. The van der Waals surface area contributed by atoms with Gasteiger partial charge in [0.25, 0.3) is 5.91 Å². The summed E-state index contributed by atoms with van der Waals surface area (Å²) in [6.07, 6.45) is 2.11. The van der Waals surface area contributed by atoms with Gasteiger partial charge in [-0.25, -0.2) is 0 Å². The molecule has 0 aliphatic heterocycles. The Labute approximate surface area is 97.9 Å². The summed E-state index contributed by atoms with van der Waals surface area (Å²) in [6, 6.07) is 0.306. The highest BCUT2D eigenvalue weighted by atomic mass is 16.5. The second-order valence-electron chi connectivity index (χ2n) is 4.48. The standard InChI is InChI=1S/C12H23NO3/c1-9(11-5-6-11)13(7-8-15-3)12(14)10(2)16-4/h9-11H,5-8H2,1-4H3. The zero-order valence-electron chi connectivity index (χ0n) is 10.7. The average molecular weight is 229 g/mol. The Morgan fingerprint density at radius 3 is 2.44 bits per heavy atom. The van der Waals surface area contributed by atoms with Crippen LogP contribution in [0.1, 0.15) is 26.7 Å². The molecule has 0 aromatic carbocycles. The Kier molecular flexibility index (Phi) is 5.22. The van der Waals surface area contributed by atoms with E-state index in [2.05, 4.69) is 6.92 Å². The number of nitrogens with zero attached hydrogens (tertiary/aromatic N) is 1. The van der Waals surface area contributed by atoms with Crippen molar-refractivity contribution in [3.05, 3.63) is 0 Å². The maximum Gasteiger partial charge on any atom is 0.251 e. The molecule has 0 bridgehead atoms. The lowest BCUT2D eigenvalue weighted by Crippen LogP contribution is -2.46. The molecule has 0 saturated heterocycles. The number of carbonyl (C=O) groups is 1. The molecule has 0 spiro atoms. The van der Waals surface area contributed by atoms with Crippen LogP contribution >= 0.6 is 0 Å². The molecule has 2 atom stereocenters. The minimum absolute atomic E-state index is 0.0685. The van der Waals surface area contributed by atoms with Crippen molar-refractivity contribution in [3.8, 4) is 0 Å². The molecule has 16 heavy (non-hydrogen) atoms. The van der Waals surface area contributed by atoms with E-state index in [9.17, 15) is 4.79 Å². The van der Waals surface area contributed by atoms with Gasteiger partial charge in [0.1, 0.15) is 6.10 Å². The Hall–Kier alpha value is -0.610. The van der Waals surface area contributed by atoms with Gasteiger partial charge in [0, 0.05) is 26.8 Å². The molecule has 1 amide bonds. The van der Waals surface area contributed by atoms with Gasteiger partial charge in [-0.2, -0.15) is 0 Å². The third kappa shape index (κ3) is 3.46. The maximum absolute atomic E-state index is 12.1. The predicted molar refractivity (Wildman–Crippen MR) is 62.2 cm³/mol. The molecule has 0 radical (unpaired) electrons. The number of carbonyl (C=O) groups excluding carboxylic acids is 1. The largest absolute Gasteiger partial charge is 0.383 e. The van der Waals surface area contributed by atoms with E-state index in [0.29, 0.717) is 25.1 Å². The summed E-state index contributed by atoms with van der Waals surface area (Å²) in [5.74, 6) is 0.740. The van der Waals surface area contributed by atoms with Crippen LogP contribution < -0.4 is 0 Å². The molecule has 1 rings (SSSR count). The highest BCUT2D eigenvalue weighted by molar-refractivity contribution is 5.80. The van der Waals surface area contributed by atoms with Crippen LogP contribution in [0, 0.1) is 5.92 Å². The van der Waals surface area contributed by atoms with Gasteiger partial charge in [0.15, 0.2) is 0 Å². The Bertz CT molecular complexity index is 228. The van der Waals surface area contributed by atoms with Gasteiger partial charge in [-0.15, -0.1) is 0 Å². The molecule has 0 heterocycles. The van der Waals surface area contributed by atoms with Crippen molar-refractivity contribution < 1.29 is 14.3 Å². The number of hydrogen-bond donors (Lipinski definition) is 0. The fourth-order valence-electron chi connectivity index (χ4n) is 1.87. The van der Waals surface area contributed by atoms with Crippen LogP contribution in [0.15, 0.2) is 0 Å². The van der Waals surface area contributed by atoms with Crippen LogP contribution in [0.3, 0.4) is 0 Å². The van der Waals surface area contributed by atoms with Gasteiger partial charge in [0.05, 0.1) is 6.61 Å². The highest BCUT2D eigenvalue weighted by Crippen LogP contribution is 2.35. The first-order valence-corrected chi connectivity index (χ1v) is 5.94. The molecule has 4 nitrogen and oxygen atoms in total. The lowest BCUT2D eigenvalue weighted by molar-refractivity contribution is -0.144. The third-order valence-corrected chi connectivity index (χ3v) is 3.32. The zero-order valence-corrected chi connectivity index (χ0v) is 10.7. The molecule has 0 N–H and O–H groups in total. The number of methoxy groups -OCH3 is 2. The van der Waals surface area contributed by atoms with Gasteiger partial charge >= 0.3 is 0 Å². The summed E-state index contributed by atoms with van der Waals surface area (Å²) in [4.78, 5) is 14.0. The summed E-state index contributed by atoms with van der Waals surface area (Å²) < 4.78 is 10.1. The van der Waals surface area contributed by atoms with Gasteiger partial charge in [-0.05, 0) is 32.6 Å². The summed E-state index contributed by atoms with van der Waals surface area (Å²) in [5, 5.41) is 0. The fourth-order valence-corrected chi connectivity index (χ4v) is 1.87. The smallest absolute Gasteiger partial charge is 0.251 e. The highest BCUT2D eigenvalue weighted by Gasteiger charge is 2.35. The number of rotatable bonds is 7.